The molecular weight excluding hydrogens is 302 g/mol. The van der Waals surface area contributed by atoms with Gasteiger partial charge in [0.05, 0.1) is 0 Å². The van der Waals surface area contributed by atoms with Crippen LogP contribution in [0.4, 0.5) is 0 Å². The van der Waals surface area contributed by atoms with Gasteiger partial charge in [-0.1, -0.05) is 19.9 Å². The minimum absolute atomic E-state index is 0.00538. The quantitative estimate of drug-likeness (QED) is 0.769. The van der Waals surface area contributed by atoms with Gasteiger partial charge in [0.15, 0.2) is 0 Å². The first-order valence-electron chi connectivity index (χ1n) is 9.06. The van der Waals surface area contributed by atoms with Crippen LogP contribution in [0.25, 0.3) is 0 Å². The van der Waals surface area contributed by atoms with Crippen molar-refractivity contribution in [1.29, 1.82) is 0 Å². The number of hydrogen-bond acceptors (Lipinski definition) is 3. The Hall–Kier alpha value is -1.88. The summed E-state index contributed by atoms with van der Waals surface area (Å²) in [7, 11) is 0. The zero-order valence-electron chi connectivity index (χ0n) is 14.8. The van der Waals surface area contributed by atoms with Crippen molar-refractivity contribution in [2.75, 3.05) is 26.2 Å². The first-order valence-corrected chi connectivity index (χ1v) is 9.06. The predicted octanol–water partition coefficient (Wildman–Crippen LogP) is 2.43. The van der Waals surface area contributed by atoms with Gasteiger partial charge in [-0.15, -0.1) is 0 Å². The molecule has 1 fully saturated rings. The Bertz CT molecular complexity index is 547. The lowest BCUT2D eigenvalue weighted by molar-refractivity contribution is 0.0755. The molecule has 0 aromatic heterocycles. The number of hydrogen-bond donors (Lipinski definition) is 2. The second-order valence-electron chi connectivity index (χ2n) is 6.38. The fourth-order valence-electron chi connectivity index (χ4n) is 3.08. The van der Waals surface area contributed by atoms with E-state index in [9.17, 15) is 9.59 Å². The van der Waals surface area contributed by atoms with Crippen molar-refractivity contribution in [3.05, 3.63) is 35.4 Å². The summed E-state index contributed by atoms with van der Waals surface area (Å²) in [6.45, 7) is 7.28. The normalized spacial score (nSPS) is 16.8. The van der Waals surface area contributed by atoms with Crippen LogP contribution < -0.4 is 10.6 Å². The van der Waals surface area contributed by atoms with Crippen LogP contribution in [0.2, 0.25) is 0 Å². The fraction of sp³-hybridized carbons (Fsp3) is 0.579. The number of carbonyl (C=O) groups is 2. The van der Waals surface area contributed by atoms with E-state index in [-0.39, 0.29) is 11.8 Å². The molecule has 1 atom stereocenters. The topological polar surface area (TPSA) is 61.4 Å². The maximum Gasteiger partial charge on any atom is 0.253 e. The summed E-state index contributed by atoms with van der Waals surface area (Å²) in [6, 6.07) is 7.40. The van der Waals surface area contributed by atoms with Crippen LogP contribution in [0.15, 0.2) is 24.3 Å². The smallest absolute Gasteiger partial charge is 0.253 e. The highest BCUT2D eigenvalue weighted by atomic mass is 16.2. The van der Waals surface area contributed by atoms with Crippen molar-refractivity contribution in [3.63, 3.8) is 0 Å². The molecule has 0 radical (unpaired) electrons. The van der Waals surface area contributed by atoms with Gasteiger partial charge in [-0.05, 0) is 50.4 Å². The van der Waals surface area contributed by atoms with Crippen LogP contribution >= 0.6 is 0 Å². The highest BCUT2D eigenvalue weighted by Crippen LogP contribution is 2.10. The molecule has 1 aromatic carbocycles. The van der Waals surface area contributed by atoms with Crippen molar-refractivity contribution in [2.45, 2.75) is 45.6 Å². The second-order valence-corrected chi connectivity index (χ2v) is 6.38. The molecule has 5 heteroatoms. The van der Waals surface area contributed by atoms with Crippen molar-refractivity contribution >= 4 is 11.8 Å². The Morgan fingerprint density at radius 1 is 1.21 bits per heavy atom. The van der Waals surface area contributed by atoms with Crippen molar-refractivity contribution in [3.8, 4) is 0 Å². The molecule has 2 rings (SSSR count). The molecule has 5 nitrogen and oxygen atoms in total. The molecule has 0 spiro atoms. The van der Waals surface area contributed by atoms with Crippen LogP contribution in [0.1, 0.15) is 60.2 Å². The molecule has 1 heterocycles. The van der Waals surface area contributed by atoms with E-state index in [1.807, 2.05) is 4.90 Å². The maximum atomic E-state index is 12.7. The van der Waals surface area contributed by atoms with Gasteiger partial charge in [-0.3, -0.25) is 9.59 Å². The molecule has 1 aliphatic heterocycles. The van der Waals surface area contributed by atoms with Crippen LogP contribution in [0.3, 0.4) is 0 Å². The number of rotatable bonds is 8. The summed E-state index contributed by atoms with van der Waals surface area (Å²) in [5.41, 5.74) is 1.13. The zero-order valence-corrected chi connectivity index (χ0v) is 14.8. The Morgan fingerprint density at radius 3 is 2.54 bits per heavy atom. The highest BCUT2D eigenvalue weighted by Gasteiger charge is 2.18. The zero-order chi connectivity index (χ0) is 17.4. The number of benzene rings is 1. The van der Waals surface area contributed by atoms with Crippen LogP contribution in [-0.4, -0.2) is 48.9 Å². The first kappa shape index (κ1) is 18.5. The molecule has 1 aliphatic rings. The SMILES string of the molecule is CCCN(CCC)C(=O)c1cccc(C(=O)NCC2CCCN2)c1. The Kier molecular flexibility index (Phi) is 7.25. The second kappa shape index (κ2) is 9.42. The van der Waals surface area contributed by atoms with Crippen LogP contribution in [-0.2, 0) is 0 Å². The lowest BCUT2D eigenvalue weighted by Crippen LogP contribution is -2.37. The van der Waals surface area contributed by atoms with E-state index in [2.05, 4.69) is 24.5 Å². The van der Waals surface area contributed by atoms with Crippen molar-refractivity contribution in [2.24, 2.45) is 0 Å². The molecule has 1 unspecified atom stereocenters. The number of nitrogens with one attached hydrogen (secondary N) is 2. The minimum Gasteiger partial charge on any atom is -0.350 e. The summed E-state index contributed by atoms with van der Waals surface area (Å²) < 4.78 is 0. The third-order valence-corrected chi connectivity index (χ3v) is 4.32. The van der Waals surface area contributed by atoms with Gasteiger partial charge in [0.25, 0.3) is 11.8 Å². The molecular formula is C19H29N3O2. The summed E-state index contributed by atoms with van der Waals surface area (Å²) >= 11 is 0. The highest BCUT2D eigenvalue weighted by molar-refractivity contribution is 5.99. The summed E-state index contributed by atoms with van der Waals surface area (Å²) in [5.74, 6) is -0.110. The van der Waals surface area contributed by atoms with E-state index in [4.69, 9.17) is 0 Å². The van der Waals surface area contributed by atoms with Crippen molar-refractivity contribution < 1.29 is 9.59 Å². The van der Waals surface area contributed by atoms with Crippen molar-refractivity contribution in [1.82, 2.24) is 15.5 Å². The van der Waals surface area contributed by atoms with Gasteiger partial charge < -0.3 is 15.5 Å². The first-order chi connectivity index (χ1) is 11.7. The minimum atomic E-state index is -0.115. The molecule has 1 aromatic rings. The van der Waals surface area contributed by atoms with Gasteiger partial charge in [0.1, 0.15) is 0 Å². The standard InChI is InChI=1S/C19H29N3O2/c1-3-11-22(12-4-2)19(24)16-8-5-7-15(13-16)18(23)21-14-17-9-6-10-20-17/h5,7-8,13,17,20H,3-4,6,9-12,14H2,1-2H3,(H,21,23). The van der Waals surface area contributed by atoms with E-state index in [1.165, 1.54) is 0 Å². The number of nitrogens with zero attached hydrogens (tertiary/aromatic N) is 1. The van der Waals surface area contributed by atoms with Gasteiger partial charge in [0.2, 0.25) is 0 Å². The third-order valence-electron chi connectivity index (χ3n) is 4.32. The largest absolute Gasteiger partial charge is 0.350 e. The van der Waals surface area contributed by atoms with Gasteiger partial charge >= 0.3 is 0 Å². The number of carbonyl (C=O) groups excluding carboxylic acids is 2. The molecule has 132 valence electrons. The molecule has 2 amide bonds. The average Bonchev–Trinajstić information content (AvgIpc) is 3.12. The number of amides is 2. The van der Waals surface area contributed by atoms with E-state index in [1.54, 1.807) is 24.3 Å². The Labute approximate surface area is 144 Å². The molecule has 0 bridgehead atoms. The lowest BCUT2D eigenvalue weighted by Gasteiger charge is -2.21. The van der Waals surface area contributed by atoms with Gasteiger partial charge in [-0.25, -0.2) is 0 Å². The van der Waals surface area contributed by atoms with Gasteiger partial charge in [-0.2, -0.15) is 0 Å². The Morgan fingerprint density at radius 2 is 1.92 bits per heavy atom. The third kappa shape index (κ3) is 5.06. The lowest BCUT2D eigenvalue weighted by atomic mass is 10.1. The predicted molar refractivity (Wildman–Crippen MR) is 96.3 cm³/mol. The Balaban J connectivity index is 2.00. The summed E-state index contributed by atoms with van der Waals surface area (Å²) in [5, 5.41) is 6.32. The summed E-state index contributed by atoms with van der Waals surface area (Å²) in [4.78, 5) is 26.8. The summed E-state index contributed by atoms with van der Waals surface area (Å²) in [6.07, 6.45) is 4.12. The van der Waals surface area contributed by atoms with E-state index in [0.717, 1.165) is 45.3 Å². The van der Waals surface area contributed by atoms with Crippen LogP contribution in [0, 0.1) is 0 Å². The average molecular weight is 331 g/mol. The molecule has 24 heavy (non-hydrogen) atoms. The van der Waals surface area contributed by atoms with Gasteiger partial charge in [0, 0.05) is 36.8 Å². The van der Waals surface area contributed by atoms with E-state index < -0.39 is 0 Å². The molecule has 1 saturated heterocycles. The molecule has 2 N–H and O–H groups in total. The maximum absolute atomic E-state index is 12.7. The van der Waals surface area contributed by atoms with Crippen LogP contribution in [0.5, 0.6) is 0 Å². The fourth-order valence-corrected chi connectivity index (χ4v) is 3.08. The molecule has 0 aliphatic carbocycles. The van der Waals surface area contributed by atoms with E-state index in [0.29, 0.717) is 23.7 Å². The molecule has 0 saturated carbocycles. The monoisotopic (exact) mass is 331 g/mol. The van der Waals surface area contributed by atoms with E-state index >= 15 is 0 Å².